The first-order valence-electron chi connectivity index (χ1n) is 6.34. The van der Waals surface area contributed by atoms with Crippen molar-refractivity contribution in [1.82, 2.24) is 9.78 Å². The molecular weight excluding hydrogens is 300 g/mol. The van der Waals surface area contributed by atoms with Gasteiger partial charge < -0.3 is 5.73 Å². The van der Waals surface area contributed by atoms with Gasteiger partial charge in [0.1, 0.15) is 5.82 Å². The van der Waals surface area contributed by atoms with Gasteiger partial charge in [0.25, 0.3) is 0 Å². The molecular formula is C14H16Cl2FN3. The lowest BCUT2D eigenvalue weighted by Gasteiger charge is -2.13. The third-order valence-electron chi connectivity index (χ3n) is 3.29. The minimum absolute atomic E-state index is 0.0905. The Kier molecular flexibility index (Phi) is 4.68. The second-order valence-electron chi connectivity index (χ2n) is 4.67. The summed E-state index contributed by atoms with van der Waals surface area (Å²) >= 11 is 12.0. The monoisotopic (exact) mass is 315 g/mol. The van der Waals surface area contributed by atoms with Gasteiger partial charge in [0.05, 0.1) is 21.4 Å². The van der Waals surface area contributed by atoms with E-state index in [1.807, 2.05) is 14.0 Å². The zero-order valence-electron chi connectivity index (χ0n) is 11.3. The molecule has 0 aliphatic carbocycles. The zero-order chi connectivity index (χ0) is 14.9. The molecule has 0 fully saturated rings. The molecule has 1 unspecified atom stereocenters. The zero-order valence-corrected chi connectivity index (χ0v) is 12.8. The summed E-state index contributed by atoms with van der Waals surface area (Å²) in [5.41, 5.74) is 8.51. The SMILES string of the molecule is CCc1nn(C)c(CC(N)c2ccc(Cl)c(F)c2)c1Cl. The Labute approximate surface area is 127 Å². The van der Waals surface area contributed by atoms with Gasteiger partial charge in [-0.1, -0.05) is 36.2 Å². The molecule has 1 aromatic carbocycles. The molecule has 0 amide bonds. The summed E-state index contributed by atoms with van der Waals surface area (Å²) in [4.78, 5) is 0. The Morgan fingerprint density at radius 3 is 2.65 bits per heavy atom. The number of aryl methyl sites for hydroxylation is 2. The van der Waals surface area contributed by atoms with Gasteiger partial charge in [0.2, 0.25) is 0 Å². The van der Waals surface area contributed by atoms with Crippen LogP contribution in [0.25, 0.3) is 0 Å². The summed E-state index contributed by atoms with van der Waals surface area (Å²) < 4.78 is 15.2. The molecule has 0 saturated heterocycles. The first-order chi connectivity index (χ1) is 9.43. The summed E-state index contributed by atoms with van der Waals surface area (Å²) in [5, 5.41) is 5.07. The van der Waals surface area contributed by atoms with Crippen molar-refractivity contribution in [3.63, 3.8) is 0 Å². The third kappa shape index (κ3) is 2.97. The highest BCUT2D eigenvalue weighted by Crippen LogP contribution is 2.26. The largest absolute Gasteiger partial charge is 0.324 e. The fourth-order valence-electron chi connectivity index (χ4n) is 2.11. The van der Waals surface area contributed by atoms with E-state index in [9.17, 15) is 4.39 Å². The van der Waals surface area contributed by atoms with Crippen LogP contribution in [0.3, 0.4) is 0 Å². The molecule has 1 atom stereocenters. The standard InChI is InChI=1S/C14H16Cl2FN3/c1-3-12-14(16)13(20(2)19-12)7-11(18)8-4-5-9(15)10(17)6-8/h4-6,11H,3,7,18H2,1-2H3. The molecule has 0 saturated carbocycles. The Morgan fingerprint density at radius 2 is 2.10 bits per heavy atom. The maximum absolute atomic E-state index is 13.5. The Balaban J connectivity index is 2.25. The van der Waals surface area contributed by atoms with Crippen molar-refractivity contribution in [2.75, 3.05) is 0 Å². The highest BCUT2D eigenvalue weighted by atomic mass is 35.5. The first kappa shape index (κ1) is 15.3. The number of halogens is 3. The molecule has 2 aromatic rings. The van der Waals surface area contributed by atoms with E-state index in [0.29, 0.717) is 17.0 Å². The van der Waals surface area contributed by atoms with Crippen molar-refractivity contribution in [2.24, 2.45) is 12.8 Å². The van der Waals surface area contributed by atoms with E-state index >= 15 is 0 Å². The van der Waals surface area contributed by atoms with Crippen LogP contribution in [0.4, 0.5) is 4.39 Å². The van der Waals surface area contributed by atoms with Crippen LogP contribution < -0.4 is 5.73 Å². The predicted octanol–water partition coefficient (Wildman–Crippen LogP) is 3.67. The van der Waals surface area contributed by atoms with Crippen LogP contribution in [-0.4, -0.2) is 9.78 Å². The molecule has 6 heteroatoms. The molecule has 108 valence electrons. The van der Waals surface area contributed by atoms with E-state index in [4.69, 9.17) is 28.9 Å². The molecule has 2 rings (SSSR count). The predicted molar refractivity (Wildman–Crippen MR) is 79.6 cm³/mol. The van der Waals surface area contributed by atoms with E-state index in [0.717, 1.165) is 17.8 Å². The van der Waals surface area contributed by atoms with Gasteiger partial charge in [-0.25, -0.2) is 4.39 Å². The van der Waals surface area contributed by atoms with Crippen LogP contribution in [0.1, 0.15) is 29.9 Å². The molecule has 2 N–H and O–H groups in total. The van der Waals surface area contributed by atoms with Crippen LogP contribution in [0.15, 0.2) is 18.2 Å². The van der Waals surface area contributed by atoms with Gasteiger partial charge in [0.15, 0.2) is 0 Å². The lowest BCUT2D eigenvalue weighted by atomic mass is 10.0. The Bertz CT molecular complexity index is 625. The highest BCUT2D eigenvalue weighted by Gasteiger charge is 2.17. The molecule has 20 heavy (non-hydrogen) atoms. The van der Waals surface area contributed by atoms with Crippen LogP contribution >= 0.6 is 23.2 Å². The van der Waals surface area contributed by atoms with E-state index < -0.39 is 5.82 Å². The van der Waals surface area contributed by atoms with E-state index in [1.165, 1.54) is 12.1 Å². The van der Waals surface area contributed by atoms with Crippen molar-refractivity contribution >= 4 is 23.2 Å². The van der Waals surface area contributed by atoms with Gasteiger partial charge in [-0.05, 0) is 24.1 Å². The molecule has 0 aliphatic rings. The van der Waals surface area contributed by atoms with Crippen molar-refractivity contribution in [3.8, 4) is 0 Å². The maximum atomic E-state index is 13.5. The molecule has 0 radical (unpaired) electrons. The Hall–Kier alpha value is -1.10. The third-order valence-corrected chi connectivity index (χ3v) is 4.03. The molecule has 0 bridgehead atoms. The number of hydrogen-bond acceptors (Lipinski definition) is 2. The van der Waals surface area contributed by atoms with Crippen molar-refractivity contribution in [1.29, 1.82) is 0 Å². The summed E-state index contributed by atoms with van der Waals surface area (Å²) in [6.45, 7) is 1.99. The number of benzene rings is 1. The maximum Gasteiger partial charge on any atom is 0.142 e. The molecule has 0 aliphatic heterocycles. The van der Waals surface area contributed by atoms with Crippen LogP contribution in [0, 0.1) is 5.82 Å². The van der Waals surface area contributed by atoms with Gasteiger partial charge in [0, 0.05) is 19.5 Å². The van der Waals surface area contributed by atoms with Crippen LogP contribution in [-0.2, 0) is 19.9 Å². The summed E-state index contributed by atoms with van der Waals surface area (Å²) in [6.07, 6.45) is 1.25. The van der Waals surface area contributed by atoms with Gasteiger partial charge in [-0.15, -0.1) is 0 Å². The quantitative estimate of drug-likeness (QED) is 0.935. The summed E-state index contributed by atoms with van der Waals surface area (Å²) in [6, 6.07) is 4.23. The Morgan fingerprint density at radius 1 is 1.40 bits per heavy atom. The van der Waals surface area contributed by atoms with Gasteiger partial charge in [-0.3, -0.25) is 4.68 Å². The van der Waals surface area contributed by atoms with Crippen molar-refractivity contribution < 1.29 is 4.39 Å². The average Bonchev–Trinajstić information content (AvgIpc) is 2.69. The summed E-state index contributed by atoms with van der Waals surface area (Å²) in [5.74, 6) is -0.468. The minimum Gasteiger partial charge on any atom is -0.324 e. The smallest absolute Gasteiger partial charge is 0.142 e. The second kappa shape index (κ2) is 6.12. The number of rotatable bonds is 4. The first-order valence-corrected chi connectivity index (χ1v) is 7.10. The number of aromatic nitrogens is 2. The van der Waals surface area contributed by atoms with E-state index in [-0.39, 0.29) is 11.1 Å². The fourth-order valence-corrected chi connectivity index (χ4v) is 2.60. The normalized spacial score (nSPS) is 12.7. The van der Waals surface area contributed by atoms with E-state index in [2.05, 4.69) is 5.10 Å². The fraction of sp³-hybridized carbons (Fsp3) is 0.357. The van der Waals surface area contributed by atoms with Crippen molar-refractivity contribution in [3.05, 3.63) is 51.0 Å². The molecule has 1 heterocycles. The van der Waals surface area contributed by atoms with Crippen LogP contribution in [0.5, 0.6) is 0 Å². The topological polar surface area (TPSA) is 43.8 Å². The molecule has 0 spiro atoms. The second-order valence-corrected chi connectivity index (χ2v) is 5.45. The minimum atomic E-state index is -0.468. The molecule has 3 nitrogen and oxygen atoms in total. The average molecular weight is 316 g/mol. The summed E-state index contributed by atoms with van der Waals surface area (Å²) in [7, 11) is 1.83. The van der Waals surface area contributed by atoms with Crippen molar-refractivity contribution in [2.45, 2.75) is 25.8 Å². The highest BCUT2D eigenvalue weighted by molar-refractivity contribution is 6.32. The number of nitrogens with two attached hydrogens (primary N) is 1. The lowest BCUT2D eigenvalue weighted by molar-refractivity contribution is 0.610. The van der Waals surface area contributed by atoms with Crippen LogP contribution in [0.2, 0.25) is 10.0 Å². The number of hydrogen-bond donors (Lipinski definition) is 1. The lowest BCUT2D eigenvalue weighted by Crippen LogP contribution is -2.16. The van der Waals surface area contributed by atoms with Gasteiger partial charge >= 0.3 is 0 Å². The number of nitrogens with zero attached hydrogens (tertiary/aromatic N) is 2. The van der Waals surface area contributed by atoms with E-state index in [1.54, 1.807) is 10.7 Å². The van der Waals surface area contributed by atoms with Gasteiger partial charge in [-0.2, -0.15) is 5.10 Å². The molecule has 1 aromatic heterocycles.